The Labute approximate surface area is 116 Å². The van der Waals surface area contributed by atoms with Crippen LogP contribution >= 0.6 is 0 Å². The van der Waals surface area contributed by atoms with Gasteiger partial charge in [-0.25, -0.2) is 4.79 Å². The molecule has 20 heavy (non-hydrogen) atoms. The number of benzene rings is 1. The lowest BCUT2D eigenvalue weighted by Crippen LogP contribution is -1.95. The van der Waals surface area contributed by atoms with Crippen molar-refractivity contribution in [3.63, 3.8) is 0 Å². The van der Waals surface area contributed by atoms with Crippen molar-refractivity contribution in [3.05, 3.63) is 47.7 Å². The van der Waals surface area contributed by atoms with Crippen LogP contribution in [0.2, 0.25) is 0 Å². The van der Waals surface area contributed by atoms with Gasteiger partial charge in [-0.05, 0) is 31.9 Å². The molecule has 1 N–H and O–H groups in total. The second kappa shape index (κ2) is 6.19. The molecule has 0 amide bonds. The SMILES string of the molecule is Cc1c(C(=O)O)oc2ccccc12.O=C1C=CCCC1. The number of hydrogen-bond donors (Lipinski definition) is 1. The third-order valence-electron chi connectivity index (χ3n) is 3.14. The molecule has 104 valence electrons. The van der Waals surface area contributed by atoms with E-state index in [0.29, 0.717) is 11.1 Å². The molecule has 0 fully saturated rings. The third-order valence-corrected chi connectivity index (χ3v) is 3.14. The van der Waals surface area contributed by atoms with E-state index < -0.39 is 5.97 Å². The van der Waals surface area contributed by atoms with Gasteiger partial charge in [-0.3, -0.25) is 4.79 Å². The van der Waals surface area contributed by atoms with Gasteiger partial charge in [-0.15, -0.1) is 0 Å². The Morgan fingerprint density at radius 2 is 2.05 bits per heavy atom. The number of carboxylic acid groups (broad SMARTS) is 1. The Morgan fingerprint density at radius 1 is 1.30 bits per heavy atom. The number of carbonyl (C=O) groups excluding carboxylic acids is 1. The molecule has 3 rings (SSSR count). The van der Waals surface area contributed by atoms with E-state index in [1.54, 1.807) is 19.1 Å². The summed E-state index contributed by atoms with van der Waals surface area (Å²) in [4.78, 5) is 21.1. The van der Waals surface area contributed by atoms with Crippen LogP contribution in [-0.4, -0.2) is 16.9 Å². The van der Waals surface area contributed by atoms with Crippen molar-refractivity contribution >= 4 is 22.7 Å². The van der Waals surface area contributed by atoms with Crippen LogP contribution in [0.1, 0.15) is 35.4 Å². The van der Waals surface area contributed by atoms with E-state index in [2.05, 4.69) is 0 Å². The van der Waals surface area contributed by atoms with Crippen LogP contribution in [-0.2, 0) is 4.79 Å². The van der Waals surface area contributed by atoms with Crippen molar-refractivity contribution in [2.45, 2.75) is 26.2 Å². The van der Waals surface area contributed by atoms with Gasteiger partial charge in [0.15, 0.2) is 5.78 Å². The number of furan rings is 1. The Kier molecular flexibility index (Phi) is 4.35. The summed E-state index contributed by atoms with van der Waals surface area (Å²) in [7, 11) is 0. The fourth-order valence-corrected chi connectivity index (χ4v) is 2.07. The number of carboxylic acids is 1. The van der Waals surface area contributed by atoms with E-state index in [1.807, 2.05) is 24.3 Å². The Morgan fingerprint density at radius 3 is 2.55 bits per heavy atom. The number of para-hydroxylation sites is 1. The first-order valence-corrected chi connectivity index (χ1v) is 6.50. The van der Waals surface area contributed by atoms with Gasteiger partial charge in [0.2, 0.25) is 5.76 Å². The molecule has 0 bridgehead atoms. The lowest BCUT2D eigenvalue weighted by Gasteiger charge is -1.97. The lowest BCUT2D eigenvalue weighted by atomic mass is 10.1. The Balaban J connectivity index is 0.000000178. The highest BCUT2D eigenvalue weighted by molar-refractivity contribution is 5.94. The summed E-state index contributed by atoms with van der Waals surface area (Å²) >= 11 is 0. The number of aryl methyl sites for hydroxylation is 1. The van der Waals surface area contributed by atoms with Crippen LogP contribution in [0.25, 0.3) is 11.0 Å². The van der Waals surface area contributed by atoms with E-state index in [4.69, 9.17) is 9.52 Å². The van der Waals surface area contributed by atoms with Gasteiger partial charge < -0.3 is 9.52 Å². The normalized spacial score (nSPS) is 13.9. The van der Waals surface area contributed by atoms with Crippen molar-refractivity contribution < 1.29 is 19.1 Å². The molecule has 2 aromatic rings. The highest BCUT2D eigenvalue weighted by Gasteiger charge is 2.15. The number of hydrogen-bond acceptors (Lipinski definition) is 3. The van der Waals surface area contributed by atoms with Gasteiger partial charge in [-0.1, -0.05) is 24.3 Å². The summed E-state index contributed by atoms with van der Waals surface area (Å²) in [6, 6.07) is 7.28. The van der Waals surface area contributed by atoms with Crippen LogP contribution in [0, 0.1) is 6.92 Å². The molecule has 0 spiro atoms. The molecule has 0 aliphatic heterocycles. The Bertz CT molecular complexity index is 664. The fourth-order valence-electron chi connectivity index (χ4n) is 2.07. The number of carbonyl (C=O) groups is 2. The zero-order chi connectivity index (χ0) is 14.5. The number of ketones is 1. The predicted molar refractivity (Wildman–Crippen MR) is 75.9 cm³/mol. The maximum atomic E-state index is 10.7. The van der Waals surface area contributed by atoms with Gasteiger partial charge in [0.1, 0.15) is 5.58 Å². The summed E-state index contributed by atoms with van der Waals surface area (Å²) in [6.07, 6.45) is 6.51. The molecule has 1 aromatic heterocycles. The molecule has 1 aromatic carbocycles. The van der Waals surface area contributed by atoms with Crippen molar-refractivity contribution in [2.75, 3.05) is 0 Å². The minimum Gasteiger partial charge on any atom is -0.475 e. The van der Waals surface area contributed by atoms with Crippen molar-refractivity contribution in [3.8, 4) is 0 Å². The predicted octanol–water partition coefficient (Wildman–Crippen LogP) is 3.74. The zero-order valence-electron chi connectivity index (χ0n) is 11.3. The summed E-state index contributed by atoms with van der Waals surface area (Å²) in [5, 5.41) is 9.63. The van der Waals surface area contributed by atoms with Crippen molar-refractivity contribution in [2.24, 2.45) is 0 Å². The first-order chi connectivity index (χ1) is 9.59. The molecule has 4 heteroatoms. The molecule has 1 aliphatic carbocycles. The highest BCUT2D eigenvalue weighted by Crippen LogP contribution is 2.24. The molecular formula is C16H16O4. The van der Waals surface area contributed by atoms with Crippen molar-refractivity contribution in [1.29, 1.82) is 0 Å². The average molecular weight is 272 g/mol. The van der Waals surface area contributed by atoms with Gasteiger partial charge in [0.05, 0.1) is 0 Å². The molecule has 4 nitrogen and oxygen atoms in total. The quantitative estimate of drug-likeness (QED) is 0.858. The number of aromatic carboxylic acids is 1. The van der Waals surface area contributed by atoms with Gasteiger partial charge in [0.25, 0.3) is 0 Å². The largest absolute Gasteiger partial charge is 0.475 e. The van der Waals surface area contributed by atoms with Crippen LogP contribution in [0.5, 0.6) is 0 Å². The molecule has 0 saturated carbocycles. The van der Waals surface area contributed by atoms with E-state index >= 15 is 0 Å². The van der Waals surface area contributed by atoms with Crippen LogP contribution in [0.15, 0.2) is 40.8 Å². The van der Waals surface area contributed by atoms with E-state index in [1.165, 1.54) is 0 Å². The van der Waals surface area contributed by atoms with Gasteiger partial charge in [-0.2, -0.15) is 0 Å². The minimum absolute atomic E-state index is 0.0289. The van der Waals surface area contributed by atoms with E-state index in [9.17, 15) is 9.59 Å². The van der Waals surface area contributed by atoms with Crippen LogP contribution in [0.4, 0.5) is 0 Å². The van der Waals surface area contributed by atoms with Gasteiger partial charge in [0, 0.05) is 17.4 Å². The third kappa shape index (κ3) is 3.15. The zero-order valence-corrected chi connectivity index (χ0v) is 11.3. The first kappa shape index (κ1) is 14.1. The number of fused-ring (bicyclic) bond motifs is 1. The molecular weight excluding hydrogens is 256 g/mol. The average Bonchev–Trinajstić information content (AvgIpc) is 2.79. The molecule has 0 atom stereocenters. The maximum absolute atomic E-state index is 10.7. The molecule has 1 heterocycles. The molecule has 0 radical (unpaired) electrons. The second-order valence-electron chi connectivity index (χ2n) is 4.62. The maximum Gasteiger partial charge on any atom is 0.372 e. The van der Waals surface area contributed by atoms with Crippen LogP contribution < -0.4 is 0 Å². The standard InChI is InChI=1S/C10H8O3.C6H8O/c1-6-7-4-2-3-5-8(7)13-9(6)10(11)12;7-6-4-2-1-3-5-6/h2-5H,1H3,(H,11,12);2,4H,1,3,5H2. The first-order valence-electron chi connectivity index (χ1n) is 6.50. The topological polar surface area (TPSA) is 67.5 Å². The highest BCUT2D eigenvalue weighted by atomic mass is 16.4. The Hall–Kier alpha value is -2.36. The number of rotatable bonds is 1. The van der Waals surface area contributed by atoms with Gasteiger partial charge >= 0.3 is 5.97 Å². The van der Waals surface area contributed by atoms with Crippen molar-refractivity contribution in [1.82, 2.24) is 0 Å². The fraction of sp³-hybridized carbons (Fsp3) is 0.250. The summed E-state index contributed by atoms with van der Waals surface area (Å²) in [6.45, 7) is 1.75. The van der Waals surface area contributed by atoms with E-state index in [-0.39, 0.29) is 11.5 Å². The lowest BCUT2D eigenvalue weighted by molar-refractivity contribution is -0.114. The molecule has 1 aliphatic rings. The van der Waals surface area contributed by atoms with Crippen LogP contribution in [0.3, 0.4) is 0 Å². The van der Waals surface area contributed by atoms with E-state index in [0.717, 1.165) is 24.6 Å². The summed E-state index contributed by atoms with van der Waals surface area (Å²) < 4.78 is 5.16. The smallest absolute Gasteiger partial charge is 0.372 e. The molecule has 0 saturated heterocycles. The minimum atomic E-state index is -1.02. The second-order valence-corrected chi connectivity index (χ2v) is 4.62. The summed E-state index contributed by atoms with van der Waals surface area (Å²) in [5.41, 5.74) is 1.31. The molecule has 0 unspecified atom stereocenters. The summed E-state index contributed by atoms with van der Waals surface area (Å²) in [5.74, 6) is -0.707. The monoisotopic (exact) mass is 272 g/mol. The number of allylic oxidation sites excluding steroid dienone is 2.